The van der Waals surface area contributed by atoms with Gasteiger partial charge in [0.15, 0.2) is 5.75 Å². The molecule has 0 aliphatic carbocycles. The van der Waals surface area contributed by atoms with Gasteiger partial charge in [0.25, 0.3) is 0 Å². The Morgan fingerprint density at radius 3 is 1.06 bits per heavy atom. The number of benzene rings is 1. The van der Waals surface area contributed by atoms with Gasteiger partial charge in [-0.1, -0.05) is 63.6 Å². The Balaban J connectivity index is 1.71. The highest BCUT2D eigenvalue weighted by Crippen LogP contribution is 2.21. The minimum atomic E-state index is 0.354. The molecule has 0 amide bonds. The molecule has 52 heavy (non-hydrogen) atoms. The Morgan fingerprint density at radius 2 is 0.673 bits per heavy atom. The van der Waals surface area contributed by atoms with Gasteiger partial charge in [-0.25, -0.2) is 0 Å². The zero-order valence-electron chi connectivity index (χ0n) is 32.5. The normalized spacial score (nSPS) is 11.5. The van der Waals surface area contributed by atoms with E-state index in [0.717, 1.165) is 12.2 Å². The van der Waals surface area contributed by atoms with Crippen molar-refractivity contribution in [2.75, 3.05) is 152 Å². The Morgan fingerprint density at radius 1 is 0.346 bits per heavy atom. The molecule has 0 saturated carbocycles. The van der Waals surface area contributed by atoms with Gasteiger partial charge < -0.3 is 57.0 Å². The molecule has 1 rings (SSSR count). The van der Waals surface area contributed by atoms with E-state index in [1.54, 1.807) is 0 Å². The zero-order chi connectivity index (χ0) is 37.1. The first-order valence-electron chi connectivity index (χ1n) is 19.6. The lowest BCUT2D eigenvalue weighted by Gasteiger charge is -2.10. The summed E-state index contributed by atoms with van der Waals surface area (Å²) in [5.74, 6) is 0.791. The summed E-state index contributed by atoms with van der Waals surface area (Å²) in [4.78, 5) is 10.9. The van der Waals surface area contributed by atoms with Gasteiger partial charge in [-0.15, -0.1) is 0 Å². The second-order valence-electron chi connectivity index (χ2n) is 11.7. The smallest absolute Gasteiger partial charge is 0.168 e. The molecule has 13 heteroatoms. The van der Waals surface area contributed by atoms with E-state index < -0.39 is 0 Å². The fourth-order valence-corrected chi connectivity index (χ4v) is 4.61. The van der Waals surface area contributed by atoms with Crippen LogP contribution in [0.5, 0.6) is 5.75 Å². The molecule has 0 aromatic heterocycles. The zero-order valence-corrected chi connectivity index (χ0v) is 32.5. The quantitative estimate of drug-likeness (QED) is 0.0476. The van der Waals surface area contributed by atoms with Crippen LogP contribution in [0, 0.1) is 0 Å². The van der Waals surface area contributed by atoms with Crippen molar-refractivity contribution >= 4 is 0 Å². The Labute approximate surface area is 314 Å². The second kappa shape index (κ2) is 42.3. The summed E-state index contributed by atoms with van der Waals surface area (Å²) in [7, 11) is 0. The second-order valence-corrected chi connectivity index (χ2v) is 11.7. The summed E-state index contributed by atoms with van der Waals surface area (Å²) in [5.41, 5.74) is 1.19. The monoisotopic (exact) mass is 748 g/mol. The highest BCUT2D eigenvalue weighted by Gasteiger charge is 2.05. The van der Waals surface area contributed by atoms with E-state index in [1.807, 2.05) is 25.1 Å². The van der Waals surface area contributed by atoms with Crippen LogP contribution in [-0.4, -0.2) is 152 Å². The molecular weight excluding hydrogens is 676 g/mol. The topological polar surface area (TPSA) is 120 Å². The standard InChI is InChI=1S/C39H72O13/c1-3-5-6-7-8-9-10-13-38-14-11-12-15-39(38)52-51-37-36-50-35-34-49-33-32-48-31-30-47-29-28-46-27-26-45-25-24-44-23-22-43-21-20-42-19-18-41-17-16-40-4-2/h11-12,14-15H,3-10,13,16-37H2,1-2H3. The molecule has 0 atom stereocenters. The third kappa shape index (κ3) is 35.6. The van der Waals surface area contributed by atoms with E-state index in [4.69, 9.17) is 61.9 Å². The first-order valence-corrected chi connectivity index (χ1v) is 19.6. The molecule has 0 unspecified atom stereocenters. The van der Waals surface area contributed by atoms with E-state index in [0.29, 0.717) is 152 Å². The fraction of sp³-hybridized carbons (Fsp3) is 0.846. The van der Waals surface area contributed by atoms with Crippen LogP contribution in [0.1, 0.15) is 64.4 Å². The van der Waals surface area contributed by atoms with Crippen LogP contribution >= 0.6 is 0 Å². The van der Waals surface area contributed by atoms with Gasteiger partial charge in [0, 0.05) is 6.61 Å². The molecule has 0 N–H and O–H groups in total. The number of hydrogen-bond acceptors (Lipinski definition) is 13. The summed E-state index contributed by atoms with van der Waals surface area (Å²) in [6.45, 7) is 16.2. The molecular formula is C39H72O13. The van der Waals surface area contributed by atoms with E-state index in [9.17, 15) is 0 Å². The first kappa shape index (κ1) is 48.6. The summed E-state index contributed by atoms with van der Waals surface area (Å²) >= 11 is 0. The third-order valence-electron chi connectivity index (χ3n) is 7.41. The number of rotatable bonds is 44. The van der Waals surface area contributed by atoms with Gasteiger partial charge in [0.05, 0.1) is 139 Å². The predicted molar refractivity (Wildman–Crippen MR) is 199 cm³/mol. The average Bonchev–Trinajstić information content (AvgIpc) is 3.16. The summed E-state index contributed by atoms with van der Waals surface area (Å²) in [6.07, 6.45) is 10.1. The molecule has 0 bridgehead atoms. The minimum absolute atomic E-state index is 0.354. The van der Waals surface area contributed by atoms with Gasteiger partial charge in [0.1, 0.15) is 6.61 Å². The van der Waals surface area contributed by atoms with Gasteiger partial charge in [0.2, 0.25) is 0 Å². The largest absolute Gasteiger partial charge is 0.379 e. The molecule has 1 aromatic rings. The van der Waals surface area contributed by atoms with E-state index in [-0.39, 0.29) is 0 Å². The van der Waals surface area contributed by atoms with Crippen molar-refractivity contribution in [3.8, 4) is 5.75 Å². The van der Waals surface area contributed by atoms with E-state index in [1.165, 1.54) is 50.5 Å². The predicted octanol–water partition coefficient (Wildman–Crippen LogP) is 5.49. The molecule has 0 saturated heterocycles. The molecule has 0 spiro atoms. The maximum Gasteiger partial charge on any atom is 0.168 e. The number of unbranched alkanes of at least 4 members (excludes halogenated alkanes) is 6. The highest BCUT2D eigenvalue weighted by atomic mass is 17.2. The Kier molecular flexibility index (Phi) is 39.5. The van der Waals surface area contributed by atoms with Crippen molar-refractivity contribution < 1.29 is 61.9 Å². The van der Waals surface area contributed by atoms with Crippen LogP contribution in [0.4, 0.5) is 0 Å². The van der Waals surface area contributed by atoms with Crippen molar-refractivity contribution in [3.05, 3.63) is 29.8 Å². The molecule has 13 nitrogen and oxygen atoms in total. The van der Waals surface area contributed by atoms with Crippen LogP contribution in [0.25, 0.3) is 0 Å². The van der Waals surface area contributed by atoms with Crippen molar-refractivity contribution in [2.24, 2.45) is 0 Å². The van der Waals surface area contributed by atoms with Crippen LogP contribution in [0.15, 0.2) is 24.3 Å². The highest BCUT2D eigenvalue weighted by molar-refractivity contribution is 5.32. The van der Waals surface area contributed by atoms with Gasteiger partial charge in [-0.05, 0) is 31.4 Å². The molecule has 1 aromatic carbocycles. The summed E-state index contributed by atoms with van der Waals surface area (Å²) < 4.78 is 60.1. The lowest BCUT2D eigenvalue weighted by molar-refractivity contribution is -0.216. The van der Waals surface area contributed by atoms with E-state index in [2.05, 4.69) is 13.0 Å². The van der Waals surface area contributed by atoms with Gasteiger partial charge in [-0.3, -0.25) is 0 Å². The lowest BCUT2D eigenvalue weighted by Crippen LogP contribution is -2.15. The maximum absolute atomic E-state index is 5.56. The molecule has 0 heterocycles. The van der Waals surface area contributed by atoms with Crippen molar-refractivity contribution in [2.45, 2.75) is 65.2 Å². The van der Waals surface area contributed by atoms with Gasteiger partial charge >= 0.3 is 0 Å². The van der Waals surface area contributed by atoms with Crippen LogP contribution in [0.3, 0.4) is 0 Å². The van der Waals surface area contributed by atoms with Crippen LogP contribution in [-0.2, 0) is 63.4 Å². The van der Waals surface area contributed by atoms with Crippen molar-refractivity contribution in [3.63, 3.8) is 0 Å². The van der Waals surface area contributed by atoms with Crippen molar-refractivity contribution in [1.29, 1.82) is 0 Å². The SMILES string of the molecule is CCCCCCCCCc1ccccc1OOCCOCCOCCOCCOCCOCCOCCOCCOCCOCCOCCOCC. The number of aryl methyl sites for hydroxylation is 1. The molecule has 0 fully saturated rings. The van der Waals surface area contributed by atoms with E-state index >= 15 is 0 Å². The number of hydrogen-bond donors (Lipinski definition) is 0. The first-order chi connectivity index (χ1) is 25.9. The van der Waals surface area contributed by atoms with Crippen LogP contribution in [0.2, 0.25) is 0 Å². The van der Waals surface area contributed by atoms with Gasteiger partial charge in [-0.2, -0.15) is 4.89 Å². The molecule has 0 radical (unpaired) electrons. The number of para-hydroxylation sites is 1. The Bertz CT molecular complexity index is 820. The minimum Gasteiger partial charge on any atom is -0.379 e. The fourth-order valence-electron chi connectivity index (χ4n) is 4.61. The number of ether oxygens (including phenoxy) is 11. The molecule has 0 aliphatic rings. The molecule has 0 aliphatic heterocycles. The van der Waals surface area contributed by atoms with Crippen LogP contribution < -0.4 is 4.89 Å². The Hall–Kier alpha value is -1.46. The lowest BCUT2D eigenvalue weighted by atomic mass is 10.0. The summed E-state index contributed by atoms with van der Waals surface area (Å²) in [6, 6.07) is 8.08. The third-order valence-corrected chi connectivity index (χ3v) is 7.41. The average molecular weight is 749 g/mol. The molecule has 306 valence electrons. The summed E-state index contributed by atoms with van der Waals surface area (Å²) in [5, 5.41) is 0. The maximum atomic E-state index is 5.56. The van der Waals surface area contributed by atoms with Crippen molar-refractivity contribution in [1.82, 2.24) is 0 Å².